The zero-order chi connectivity index (χ0) is 21.9. The molecule has 0 saturated carbocycles. The standard InChI is InChI=1S/C24H21N5O3/c30-22(17-14-25-24(26-15-17)32-19-6-2-1-3-7-19)27-18-8-9-20-16(12-18)13-21(28-20)23(31)29-10-4-5-11-29/h1-3,6-9,12-15,28H,4-5,10-11H2,(H,27,30). The van der Waals surface area contributed by atoms with E-state index in [0.717, 1.165) is 36.8 Å². The number of fused-ring (bicyclic) bond motifs is 1. The van der Waals surface area contributed by atoms with Crippen molar-refractivity contribution in [1.82, 2.24) is 19.9 Å². The number of amides is 2. The van der Waals surface area contributed by atoms with Crippen molar-refractivity contribution in [2.75, 3.05) is 18.4 Å². The Morgan fingerprint density at radius 3 is 2.47 bits per heavy atom. The lowest BCUT2D eigenvalue weighted by molar-refractivity contribution is 0.0787. The topological polar surface area (TPSA) is 100 Å². The molecule has 5 rings (SSSR count). The second-order valence-electron chi connectivity index (χ2n) is 7.61. The molecule has 0 atom stereocenters. The summed E-state index contributed by atoms with van der Waals surface area (Å²) in [6.07, 6.45) is 4.93. The Morgan fingerprint density at radius 2 is 1.72 bits per heavy atom. The minimum atomic E-state index is -0.334. The summed E-state index contributed by atoms with van der Waals surface area (Å²) in [4.78, 5) is 38.5. The van der Waals surface area contributed by atoms with Gasteiger partial charge in [0.15, 0.2) is 0 Å². The molecule has 4 aromatic rings. The summed E-state index contributed by atoms with van der Waals surface area (Å²) in [5.74, 6) is 0.297. The van der Waals surface area contributed by atoms with Gasteiger partial charge in [0, 0.05) is 42.1 Å². The number of ether oxygens (including phenoxy) is 1. The van der Waals surface area contributed by atoms with Gasteiger partial charge in [-0.25, -0.2) is 9.97 Å². The van der Waals surface area contributed by atoms with Gasteiger partial charge in [0.25, 0.3) is 11.8 Å². The van der Waals surface area contributed by atoms with E-state index in [1.807, 2.05) is 41.3 Å². The maximum Gasteiger partial charge on any atom is 0.321 e. The fourth-order valence-electron chi connectivity index (χ4n) is 3.70. The fourth-order valence-corrected chi connectivity index (χ4v) is 3.70. The molecule has 2 aromatic carbocycles. The van der Waals surface area contributed by atoms with Crippen molar-refractivity contribution in [1.29, 1.82) is 0 Å². The van der Waals surface area contributed by atoms with Crippen molar-refractivity contribution >= 4 is 28.4 Å². The van der Waals surface area contributed by atoms with Crippen LogP contribution in [0.15, 0.2) is 67.0 Å². The van der Waals surface area contributed by atoms with Gasteiger partial charge in [0.1, 0.15) is 11.4 Å². The Morgan fingerprint density at radius 1 is 0.969 bits per heavy atom. The Bertz CT molecular complexity index is 1260. The predicted molar refractivity (Wildman–Crippen MR) is 120 cm³/mol. The number of anilines is 1. The van der Waals surface area contributed by atoms with Crippen LogP contribution in [-0.2, 0) is 0 Å². The van der Waals surface area contributed by atoms with E-state index in [-0.39, 0.29) is 17.8 Å². The van der Waals surface area contributed by atoms with Crippen LogP contribution in [-0.4, -0.2) is 44.8 Å². The number of nitrogens with zero attached hydrogens (tertiary/aromatic N) is 3. The third-order valence-corrected chi connectivity index (χ3v) is 5.34. The first-order valence-corrected chi connectivity index (χ1v) is 10.4. The van der Waals surface area contributed by atoms with Gasteiger partial charge in [-0.1, -0.05) is 18.2 Å². The van der Waals surface area contributed by atoms with Crippen LogP contribution in [0, 0.1) is 0 Å². The molecule has 2 aromatic heterocycles. The minimum absolute atomic E-state index is 0.0132. The molecule has 160 valence electrons. The summed E-state index contributed by atoms with van der Waals surface area (Å²) in [5, 5.41) is 3.70. The van der Waals surface area contributed by atoms with E-state index in [2.05, 4.69) is 20.3 Å². The van der Waals surface area contributed by atoms with Crippen molar-refractivity contribution in [2.45, 2.75) is 12.8 Å². The number of aromatic nitrogens is 3. The van der Waals surface area contributed by atoms with Crippen molar-refractivity contribution in [3.8, 4) is 11.8 Å². The van der Waals surface area contributed by atoms with Crippen LogP contribution in [0.25, 0.3) is 10.9 Å². The van der Waals surface area contributed by atoms with E-state index in [1.54, 1.807) is 18.2 Å². The highest BCUT2D eigenvalue weighted by Gasteiger charge is 2.21. The molecule has 0 bridgehead atoms. The molecular formula is C24H21N5O3. The lowest BCUT2D eigenvalue weighted by Gasteiger charge is -2.13. The van der Waals surface area contributed by atoms with Crippen molar-refractivity contribution in [3.05, 3.63) is 78.2 Å². The predicted octanol–water partition coefficient (Wildman–Crippen LogP) is 4.24. The highest BCUT2D eigenvalue weighted by Crippen LogP contribution is 2.23. The highest BCUT2D eigenvalue weighted by atomic mass is 16.5. The number of rotatable bonds is 5. The second kappa shape index (κ2) is 8.50. The number of hydrogen-bond donors (Lipinski definition) is 2. The molecule has 3 heterocycles. The number of carbonyl (C=O) groups excluding carboxylic acids is 2. The summed E-state index contributed by atoms with van der Waals surface area (Å²) in [6.45, 7) is 1.60. The number of para-hydroxylation sites is 1. The lowest BCUT2D eigenvalue weighted by Crippen LogP contribution is -2.27. The molecule has 1 fully saturated rings. The maximum absolute atomic E-state index is 12.6. The molecule has 1 aliphatic heterocycles. The molecule has 0 aliphatic carbocycles. The van der Waals surface area contributed by atoms with Crippen LogP contribution in [0.5, 0.6) is 11.8 Å². The average molecular weight is 427 g/mol. The molecule has 0 spiro atoms. The van der Waals surface area contributed by atoms with E-state index in [4.69, 9.17) is 4.74 Å². The van der Waals surface area contributed by atoms with Gasteiger partial charge in [0.05, 0.1) is 5.56 Å². The van der Waals surface area contributed by atoms with E-state index in [0.29, 0.717) is 22.7 Å². The van der Waals surface area contributed by atoms with E-state index >= 15 is 0 Å². The first kappa shape index (κ1) is 19.7. The molecule has 0 radical (unpaired) electrons. The Balaban J connectivity index is 1.27. The molecule has 32 heavy (non-hydrogen) atoms. The zero-order valence-electron chi connectivity index (χ0n) is 17.2. The van der Waals surface area contributed by atoms with Crippen LogP contribution >= 0.6 is 0 Å². The average Bonchev–Trinajstić information content (AvgIpc) is 3.50. The number of carbonyl (C=O) groups is 2. The molecule has 1 aliphatic rings. The lowest BCUT2D eigenvalue weighted by atomic mass is 10.2. The summed E-state index contributed by atoms with van der Waals surface area (Å²) in [7, 11) is 0. The van der Waals surface area contributed by atoms with Gasteiger partial charge in [0.2, 0.25) is 0 Å². The SMILES string of the molecule is O=C(Nc1ccc2[nH]c(C(=O)N3CCCC3)cc2c1)c1cnc(Oc2ccccc2)nc1. The van der Waals surface area contributed by atoms with Crippen LogP contribution < -0.4 is 10.1 Å². The largest absolute Gasteiger partial charge is 0.424 e. The van der Waals surface area contributed by atoms with Crippen LogP contribution in [0.1, 0.15) is 33.7 Å². The third-order valence-electron chi connectivity index (χ3n) is 5.34. The van der Waals surface area contributed by atoms with Gasteiger partial charge < -0.3 is 19.9 Å². The molecule has 0 unspecified atom stereocenters. The van der Waals surface area contributed by atoms with Crippen molar-refractivity contribution in [3.63, 3.8) is 0 Å². The van der Waals surface area contributed by atoms with Gasteiger partial charge in [-0.15, -0.1) is 0 Å². The Kier molecular flexibility index (Phi) is 5.25. The molecule has 8 heteroatoms. The van der Waals surface area contributed by atoms with Crippen LogP contribution in [0.2, 0.25) is 0 Å². The Labute approximate surface area is 184 Å². The number of H-pyrrole nitrogens is 1. The molecule has 2 amide bonds. The second-order valence-corrected chi connectivity index (χ2v) is 7.61. The maximum atomic E-state index is 12.6. The van der Waals surface area contributed by atoms with Gasteiger partial charge in [-0.2, -0.15) is 0 Å². The molecule has 8 nitrogen and oxygen atoms in total. The monoisotopic (exact) mass is 427 g/mol. The van der Waals surface area contributed by atoms with E-state index in [9.17, 15) is 9.59 Å². The molecular weight excluding hydrogens is 406 g/mol. The van der Waals surface area contributed by atoms with Gasteiger partial charge in [-0.3, -0.25) is 9.59 Å². The first-order valence-electron chi connectivity index (χ1n) is 10.4. The van der Waals surface area contributed by atoms with Crippen LogP contribution in [0.3, 0.4) is 0 Å². The third kappa shape index (κ3) is 4.15. The van der Waals surface area contributed by atoms with Gasteiger partial charge >= 0.3 is 6.01 Å². The molecule has 1 saturated heterocycles. The normalized spacial score (nSPS) is 13.3. The first-order chi connectivity index (χ1) is 15.7. The number of hydrogen-bond acceptors (Lipinski definition) is 5. The molecule has 2 N–H and O–H groups in total. The number of nitrogens with one attached hydrogen (secondary N) is 2. The summed E-state index contributed by atoms with van der Waals surface area (Å²) < 4.78 is 5.55. The highest BCUT2D eigenvalue weighted by molar-refractivity contribution is 6.05. The van der Waals surface area contributed by atoms with Crippen LogP contribution in [0.4, 0.5) is 5.69 Å². The fraction of sp³-hybridized carbons (Fsp3) is 0.167. The number of aromatic amines is 1. The van der Waals surface area contributed by atoms with Crippen molar-refractivity contribution < 1.29 is 14.3 Å². The minimum Gasteiger partial charge on any atom is -0.424 e. The van der Waals surface area contributed by atoms with Gasteiger partial charge in [-0.05, 0) is 49.2 Å². The zero-order valence-corrected chi connectivity index (χ0v) is 17.2. The summed E-state index contributed by atoms with van der Waals surface area (Å²) >= 11 is 0. The summed E-state index contributed by atoms with van der Waals surface area (Å²) in [6, 6.07) is 16.6. The van der Waals surface area contributed by atoms with E-state index < -0.39 is 0 Å². The number of likely N-dealkylation sites (tertiary alicyclic amines) is 1. The quantitative estimate of drug-likeness (QED) is 0.496. The number of benzene rings is 2. The Hall–Kier alpha value is -4.20. The smallest absolute Gasteiger partial charge is 0.321 e. The summed E-state index contributed by atoms with van der Waals surface area (Å²) in [5.41, 5.74) is 2.33. The van der Waals surface area contributed by atoms with Crippen molar-refractivity contribution in [2.24, 2.45) is 0 Å². The van der Waals surface area contributed by atoms with E-state index in [1.165, 1.54) is 12.4 Å².